The van der Waals surface area contributed by atoms with Crippen LogP contribution in [0.1, 0.15) is 30.4 Å². The van der Waals surface area contributed by atoms with Crippen LogP contribution in [0.25, 0.3) is 0 Å². The Hall–Kier alpha value is -1.60. The fraction of sp³-hybridized carbons (Fsp3) is 0.588. The third-order valence-corrected chi connectivity index (χ3v) is 4.52. The summed E-state index contributed by atoms with van der Waals surface area (Å²) in [6, 6.07) is 5.10. The molecule has 24 heavy (non-hydrogen) atoms. The molecule has 1 aromatic carbocycles. The van der Waals surface area contributed by atoms with E-state index in [-0.39, 0.29) is 24.5 Å². The van der Waals surface area contributed by atoms with Crippen molar-refractivity contribution in [1.29, 1.82) is 0 Å². The van der Waals surface area contributed by atoms with E-state index < -0.39 is 11.7 Å². The highest BCUT2D eigenvalue weighted by atomic mass is 19.4. The predicted molar refractivity (Wildman–Crippen MR) is 82.2 cm³/mol. The molecule has 2 aliphatic rings. The van der Waals surface area contributed by atoms with Gasteiger partial charge in [-0.15, -0.1) is 0 Å². The van der Waals surface area contributed by atoms with E-state index in [1.807, 2.05) is 0 Å². The second kappa shape index (κ2) is 7.11. The Morgan fingerprint density at radius 1 is 1.29 bits per heavy atom. The molecule has 2 atom stereocenters. The highest BCUT2D eigenvalue weighted by Crippen LogP contribution is 2.30. The molecule has 2 heterocycles. The summed E-state index contributed by atoms with van der Waals surface area (Å²) in [7, 11) is 0. The second-order valence-corrected chi connectivity index (χ2v) is 6.38. The summed E-state index contributed by atoms with van der Waals surface area (Å²) in [5.41, 5.74) is -0.176. The number of rotatable bonds is 4. The average molecular weight is 342 g/mol. The van der Waals surface area contributed by atoms with Crippen molar-refractivity contribution in [3.8, 4) is 0 Å². The first-order chi connectivity index (χ1) is 11.4. The number of hydrogen-bond acceptors (Lipinski definition) is 3. The minimum absolute atomic E-state index is 0.0365. The highest BCUT2D eigenvalue weighted by molar-refractivity contribution is 5.82. The maximum Gasteiger partial charge on any atom is 0.416 e. The summed E-state index contributed by atoms with van der Waals surface area (Å²) < 4.78 is 43.7. The number of benzene rings is 1. The normalized spacial score (nSPS) is 25.3. The summed E-state index contributed by atoms with van der Waals surface area (Å²) in [5.74, 6) is -0.0365. The van der Waals surface area contributed by atoms with Gasteiger partial charge < -0.3 is 15.0 Å². The fourth-order valence-corrected chi connectivity index (χ4v) is 3.27. The number of amides is 1. The summed E-state index contributed by atoms with van der Waals surface area (Å²) >= 11 is 0. The van der Waals surface area contributed by atoms with Crippen molar-refractivity contribution in [2.24, 2.45) is 0 Å². The van der Waals surface area contributed by atoms with Crippen LogP contribution in [0.4, 0.5) is 13.2 Å². The van der Waals surface area contributed by atoms with E-state index in [2.05, 4.69) is 5.32 Å². The quantitative estimate of drug-likeness (QED) is 0.914. The first-order valence-electron chi connectivity index (χ1n) is 8.22. The van der Waals surface area contributed by atoms with Crippen LogP contribution in [0.3, 0.4) is 0 Å². The maximum absolute atomic E-state index is 12.8. The van der Waals surface area contributed by atoms with Crippen molar-refractivity contribution >= 4 is 5.91 Å². The van der Waals surface area contributed by atoms with Crippen LogP contribution in [0.5, 0.6) is 0 Å². The lowest BCUT2D eigenvalue weighted by atomic mass is 10.0. The lowest BCUT2D eigenvalue weighted by Gasteiger charge is -2.34. The number of ether oxygens (including phenoxy) is 1. The summed E-state index contributed by atoms with van der Waals surface area (Å²) in [4.78, 5) is 14.2. The van der Waals surface area contributed by atoms with Crippen molar-refractivity contribution in [1.82, 2.24) is 10.2 Å². The van der Waals surface area contributed by atoms with Crippen molar-refractivity contribution in [3.05, 3.63) is 35.4 Å². The number of carbonyl (C=O) groups is 1. The van der Waals surface area contributed by atoms with E-state index >= 15 is 0 Å². The number of nitrogens with zero attached hydrogens (tertiary/aromatic N) is 1. The molecule has 1 amide bonds. The van der Waals surface area contributed by atoms with Crippen molar-refractivity contribution in [2.45, 2.75) is 44.1 Å². The van der Waals surface area contributed by atoms with Gasteiger partial charge in [-0.05, 0) is 37.0 Å². The number of alkyl halides is 3. The van der Waals surface area contributed by atoms with Crippen molar-refractivity contribution in [3.63, 3.8) is 0 Å². The molecule has 1 aromatic rings. The zero-order valence-corrected chi connectivity index (χ0v) is 13.3. The van der Waals surface area contributed by atoms with E-state index in [9.17, 15) is 18.0 Å². The van der Waals surface area contributed by atoms with Crippen LogP contribution in [-0.2, 0) is 22.3 Å². The molecule has 1 N–H and O–H groups in total. The molecule has 3 rings (SSSR count). The van der Waals surface area contributed by atoms with Gasteiger partial charge in [0.1, 0.15) is 0 Å². The lowest BCUT2D eigenvalue weighted by Crippen LogP contribution is -2.53. The number of hydrogen-bond donors (Lipinski definition) is 1. The molecule has 7 heteroatoms. The molecular weight excluding hydrogens is 321 g/mol. The van der Waals surface area contributed by atoms with Crippen LogP contribution >= 0.6 is 0 Å². The van der Waals surface area contributed by atoms with Gasteiger partial charge in [-0.2, -0.15) is 13.2 Å². The number of piperidine rings is 1. The van der Waals surface area contributed by atoms with Gasteiger partial charge in [0.15, 0.2) is 0 Å². The second-order valence-electron chi connectivity index (χ2n) is 6.38. The van der Waals surface area contributed by atoms with Crippen molar-refractivity contribution in [2.75, 3.05) is 19.8 Å². The van der Waals surface area contributed by atoms with Crippen LogP contribution in [0, 0.1) is 0 Å². The molecule has 132 valence electrons. The number of nitrogens with one attached hydrogen (secondary N) is 1. The summed E-state index contributed by atoms with van der Waals surface area (Å²) in [6.45, 7) is 2.10. The number of carbonyl (C=O) groups excluding carboxylic acids is 1. The molecule has 0 bridgehead atoms. The van der Waals surface area contributed by atoms with E-state index in [1.54, 1.807) is 11.0 Å². The SMILES string of the molecule is O=C1[C@H](N[C@H]2CCOC2)CCCN1Cc1cccc(C(F)(F)F)c1. The van der Waals surface area contributed by atoms with Crippen LogP contribution < -0.4 is 5.32 Å². The van der Waals surface area contributed by atoms with Crippen LogP contribution in [0.2, 0.25) is 0 Å². The van der Waals surface area contributed by atoms with Gasteiger partial charge in [0, 0.05) is 25.7 Å². The molecule has 0 radical (unpaired) electrons. The zero-order valence-electron chi connectivity index (χ0n) is 13.3. The number of halogens is 3. The minimum atomic E-state index is -4.37. The van der Waals surface area contributed by atoms with E-state index in [4.69, 9.17) is 4.74 Å². The molecule has 4 nitrogen and oxygen atoms in total. The molecule has 0 unspecified atom stereocenters. The number of likely N-dealkylation sites (tertiary alicyclic amines) is 1. The monoisotopic (exact) mass is 342 g/mol. The average Bonchev–Trinajstić information content (AvgIpc) is 3.04. The van der Waals surface area contributed by atoms with E-state index in [1.165, 1.54) is 6.07 Å². The zero-order chi connectivity index (χ0) is 17.2. The molecule has 2 saturated heterocycles. The molecular formula is C17H21F3N2O2. The Bertz CT molecular complexity index is 585. The third-order valence-electron chi connectivity index (χ3n) is 4.52. The Kier molecular flexibility index (Phi) is 5.10. The largest absolute Gasteiger partial charge is 0.416 e. The first-order valence-corrected chi connectivity index (χ1v) is 8.22. The van der Waals surface area contributed by atoms with Gasteiger partial charge >= 0.3 is 6.18 Å². The lowest BCUT2D eigenvalue weighted by molar-refractivity contribution is -0.137. The molecule has 0 spiro atoms. The summed E-state index contributed by atoms with van der Waals surface area (Å²) in [6.07, 6.45) is -1.88. The molecule has 0 saturated carbocycles. The van der Waals surface area contributed by atoms with Gasteiger partial charge in [-0.3, -0.25) is 4.79 Å². The maximum atomic E-state index is 12.8. The van der Waals surface area contributed by atoms with Crippen molar-refractivity contribution < 1.29 is 22.7 Å². The van der Waals surface area contributed by atoms with Crippen LogP contribution in [0.15, 0.2) is 24.3 Å². The van der Waals surface area contributed by atoms with E-state index in [0.717, 1.165) is 31.4 Å². The predicted octanol–water partition coefficient (Wildman–Crippen LogP) is 2.57. The minimum Gasteiger partial charge on any atom is -0.380 e. The Morgan fingerprint density at radius 3 is 2.83 bits per heavy atom. The fourth-order valence-electron chi connectivity index (χ4n) is 3.27. The van der Waals surface area contributed by atoms with Crippen LogP contribution in [-0.4, -0.2) is 42.6 Å². The van der Waals surface area contributed by atoms with Gasteiger partial charge in [0.25, 0.3) is 0 Å². The van der Waals surface area contributed by atoms with Gasteiger partial charge in [-0.1, -0.05) is 12.1 Å². The Balaban J connectivity index is 1.65. The van der Waals surface area contributed by atoms with Gasteiger partial charge in [-0.25, -0.2) is 0 Å². The molecule has 2 aliphatic heterocycles. The summed E-state index contributed by atoms with van der Waals surface area (Å²) in [5, 5.41) is 3.32. The molecule has 2 fully saturated rings. The smallest absolute Gasteiger partial charge is 0.380 e. The third kappa shape index (κ3) is 4.08. The molecule has 0 aromatic heterocycles. The van der Waals surface area contributed by atoms with Gasteiger partial charge in [0.2, 0.25) is 5.91 Å². The topological polar surface area (TPSA) is 41.6 Å². The highest BCUT2D eigenvalue weighted by Gasteiger charge is 2.33. The molecule has 0 aliphatic carbocycles. The van der Waals surface area contributed by atoms with Gasteiger partial charge in [0.05, 0.1) is 18.2 Å². The van der Waals surface area contributed by atoms with E-state index in [0.29, 0.717) is 25.3 Å². The standard InChI is InChI=1S/C17H21F3N2O2/c18-17(19,20)13-4-1-3-12(9-13)10-22-7-2-5-15(16(22)23)21-14-6-8-24-11-14/h1,3-4,9,14-15,21H,2,5-8,10-11H2/t14-,15+/m0/s1. The first kappa shape index (κ1) is 17.2. The Morgan fingerprint density at radius 2 is 2.12 bits per heavy atom. The Labute approximate surface area is 139 Å².